The highest BCUT2D eigenvalue weighted by molar-refractivity contribution is 8.18. The molecule has 0 bridgehead atoms. The summed E-state index contributed by atoms with van der Waals surface area (Å²) in [5.41, 5.74) is 3.79. The van der Waals surface area contributed by atoms with Crippen LogP contribution >= 0.6 is 11.8 Å². The summed E-state index contributed by atoms with van der Waals surface area (Å²) in [5.74, 6) is -0.470. The minimum absolute atomic E-state index is 0.167. The van der Waals surface area contributed by atoms with Gasteiger partial charge in [-0.2, -0.15) is 0 Å². The number of nitrogens with one attached hydrogen (secondary N) is 1. The second-order valence-corrected chi connectivity index (χ2v) is 9.95. The smallest absolute Gasteiger partial charge is 0.338 e. The molecule has 1 aliphatic heterocycles. The second-order valence-electron chi connectivity index (χ2n) is 8.96. The summed E-state index contributed by atoms with van der Waals surface area (Å²) in [6, 6.07) is 15.9. The van der Waals surface area contributed by atoms with Crippen molar-refractivity contribution in [1.29, 1.82) is 0 Å². The quantitative estimate of drug-likeness (QED) is 0.199. The molecule has 1 fully saturated rings. The Kier molecular flexibility index (Phi) is 8.48. The Morgan fingerprint density at radius 1 is 1.03 bits per heavy atom. The minimum atomic E-state index is -0.556. The summed E-state index contributed by atoms with van der Waals surface area (Å²) in [6.07, 6.45) is 3.25. The molecule has 1 aromatic heterocycles. The van der Waals surface area contributed by atoms with Crippen molar-refractivity contribution in [2.24, 2.45) is 0 Å². The van der Waals surface area contributed by atoms with Crippen molar-refractivity contribution in [2.75, 3.05) is 18.5 Å². The molecule has 2 heterocycles. The van der Waals surface area contributed by atoms with E-state index in [9.17, 15) is 19.2 Å². The molecule has 0 aliphatic carbocycles. The monoisotopic (exact) mass is 532 g/mol. The lowest BCUT2D eigenvalue weighted by Crippen LogP contribution is -2.36. The number of thioether (sulfide) groups is 1. The first-order chi connectivity index (χ1) is 18.2. The summed E-state index contributed by atoms with van der Waals surface area (Å²) in [4.78, 5) is 51.0. The SMILES string of the molecule is CCCCOC(=O)c1ccc(-c2ccc(/C=C3/SC(=O)N(CC(=O)Nc4cc(C)cc(C)c4)C3=O)o2)cc1. The van der Waals surface area contributed by atoms with Crippen LogP contribution in [-0.4, -0.2) is 41.1 Å². The molecule has 3 amide bonds. The van der Waals surface area contributed by atoms with Gasteiger partial charge in [0.2, 0.25) is 5.91 Å². The van der Waals surface area contributed by atoms with E-state index in [0.29, 0.717) is 29.4 Å². The molecule has 3 aromatic rings. The third-order valence-corrected chi connectivity index (χ3v) is 6.62. The predicted molar refractivity (Wildman–Crippen MR) is 147 cm³/mol. The summed E-state index contributed by atoms with van der Waals surface area (Å²) in [5, 5.41) is 2.22. The van der Waals surface area contributed by atoms with Crippen molar-refractivity contribution in [2.45, 2.75) is 33.6 Å². The number of aryl methyl sites for hydroxylation is 2. The number of hydrogen-bond donors (Lipinski definition) is 1. The third kappa shape index (κ3) is 6.60. The van der Waals surface area contributed by atoms with E-state index in [4.69, 9.17) is 9.15 Å². The average molecular weight is 533 g/mol. The Bertz CT molecular complexity index is 1390. The van der Waals surface area contributed by atoms with Crippen molar-refractivity contribution in [3.63, 3.8) is 0 Å². The predicted octanol–water partition coefficient (Wildman–Crippen LogP) is 6.20. The van der Waals surface area contributed by atoms with Gasteiger partial charge in [-0.25, -0.2) is 4.79 Å². The molecular weight excluding hydrogens is 504 g/mol. The topological polar surface area (TPSA) is 106 Å². The van der Waals surface area contributed by atoms with Gasteiger partial charge in [0.15, 0.2) is 0 Å². The fourth-order valence-corrected chi connectivity index (χ4v) is 4.72. The molecule has 38 heavy (non-hydrogen) atoms. The Morgan fingerprint density at radius 2 is 1.74 bits per heavy atom. The maximum atomic E-state index is 12.8. The molecule has 1 aliphatic rings. The number of imide groups is 1. The second kappa shape index (κ2) is 12.0. The fraction of sp³-hybridized carbons (Fsp3) is 0.241. The molecule has 0 radical (unpaired) electrons. The van der Waals surface area contributed by atoms with Gasteiger partial charge in [0.05, 0.1) is 17.1 Å². The van der Waals surface area contributed by atoms with E-state index >= 15 is 0 Å². The van der Waals surface area contributed by atoms with Crippen LogP contribution < -0.4 is 5.32 Å². The van der Waals surface area contributed by atoms with Crippen LogP contribution in [0.4, 0.5) is 10.5 Å². The molecule has 0 saturated carbocycles. The zero-order chi connectivity index (χ0) is 27.2. The molecule has 196 valence electrons. The minimum Gasteiger partial charge on any atom is -0.462 e. The van der Waals surface area contributed by atoms with Crippen LogP contribution in [0.15, 0.2) is 63.9 Å². The van der Waals surface area contributed by atoms with E-state index < -0.39 is 17.1 Å². The lowest BCUT2D eigenvalue weighted by atomic mass is 10.1. The maximum absolute atomic E-state index is 12.8. The van der Waals surface area contributed by atoms with E-state index in [-0.39, 0.29) is 17.4 Å². The largest absolute Gasteiger partial charge is 0.462 e. The fourth-order valence-electron chi connectivity index (χ4n) is 3.91. The number of benzene rings is 2. The first-order valence-electron chi connectivity index (χ1n) is 12.2. The van der Waals surface area contributed by atoms with Gasteiger partial charge in [0, 0.05) is 17.3 Å². The molecule has 1 N–H and O–H groups in total. The standard InChI is InChI=1S/C29H28N2O6S/c1-4-5-12-36-28(34)21-8-6-20(7-9-21)24-11-10-23(37-24)16-25-27(33)31(29(35)38-25)17-26(32)30-22-14-18(2)13-19(3)15-22/h6-11,13-16H,4-5,12,17H2,1-3H3,(H,30,32)/b25-16+. The van der Waals surface area contributed by atoms with Gasteiger partial charge in [-0.15, -0.1) is 0 Å². The molecule has 0 spiro atoms. The lowest BCUT2D eigenvalue weighted by Gasteiger charge is -2.13. The van der Waals surface area contributed by atoms with Crippen molar-refractivity contribution < 1.29 is 28.3 Å². The van der Waals surface area contributed by atoms with Gasteiger partial charge in [0.1, 0.15) is 18.1 Å². The van der Waals surface area contributed by atoms with Gasteiger partial charge in [-0.05, 0) is 79.6 Å². The Balaban J connectivity index is 1.39. The number of nitrogens with zero attached hydrogens (tertiary/aromatic N) is 1. The number of carbonyl (C=O) groups is 4. The summed E-state index contributed by atoms with van der Waals surface area (Å²) < 4.78 is 11.1. The van der Waals surface area contributed by atoms with Gasteiger partial charge >= 0.3 is 5.97 Å². The number of hydrogen-bond acceptors (Lipinski definition) is 7. The first kappa shape index (κ1) is 26.9. The number of rotatable bonds is 9. The number of ether oxygens (including phenoxy) is 1. The van der Waals surface area contributed by atoms with E-state index in [1.807, 2.05) is 39.0 Å². The molecule has 4 rings (SSSR count). The van der Waals surface area contributed by atoms with Crippen LogP contribution in [0.25, 0.3) is 17.4 Å². The summed E-state index contributed by atoms with van der Waals surface area (Å²) >= 11 is 0.755. The van der Waals surface area contributed by atoms with Crippen LogP contribution in [0.3, 0.4) is 0 Å². The first-order valence-corrected chi connectivity index (χ1v) is 13.1. The van der Waals surface area contributed by atoms with Gasteiger partial charge < -0.3 is 14.5 Å². The average Bonchev–Trinajstić information content (AvgIpc) is 3.44. The normalized spacial score (nSPS) is 14.3. The third-order valence-electron chi connectivity index (χ3n) is 5.72. The van der Waals surface area contributed by atoms with Gasteiger partial charge in [-0.1, -0.05) is 31.5 Å². The van der Waals surface area contributed by atoms with Crippen molar-refractivity contribution in [1.82, 2.24) is 4.90 Å². The van der Waals surface area contributed by atoms with E-state index in [1.54, 1.807) is 36.4 Å². The molecule has 2 aromatic carbocycles. The molecule has 1 saturated heterocycles. The number of anilines is 1. The van der Waals surface area contributed by atoms with Crippen LogP contribution in [0.1, 0.15) is 47.0 Å². The van der Waals surface area contributed by atoms with Crippen molar-refractivity contribution >= 4 is 46.5 Å². The Hall–Kier alpha value is -4.11. The zero-order valence-corrected chi connectivity index (χ0v) is 22.2. The molecule has 0 atom stereocenters. The van der Waals surface area contributed by atoms with Crippen LogP contribution in [0, 0.1) is 13.8 Å². The molecule has 9 heteroatoms. The number of esters is 1. The van der Waals surface area contributed by atoms with Crippen molar-refractivity contribution in [3.05, 3.63) is 82.0 Å². The van der Waals surface area contributed by atoms with Crippen LogP contribution in [0.2, 0.25) is 0 Å². The summed E-state index contributed by atoms with van der Waals surface area (Å²) in [7, 11) is 0. The molecular formula is C29H28N2O6S. The summed E-state index contributed by atoms with van der Waals surface area (Å²) in [6.45, 7) is 5.87. The number of carbonyl (C=O) groups excluding carboxylic acids is 4. The van der Waals surface area contributed by atoms with E-state index in [1.165, 1.54) is 6.08 Å². The Labute approximate surface area is 225 Å². The zero-order valence-electron chi connectivity index (χ0n) is 21.4. The van der Waals surface area contributed by atoms with Gasteiger partial charge in [0.25, 0.3) is 11.1 Å². The number of amides is 3. The Morgan fingerprint density at radius 3 is 2.42 bits per heavy atom. The molecule has 8 nitrogen and oxygen atoms in total. The highest BCUT2D eigenvalue weighted by Gasteiger charge is 2.36. The van der Waals surface area contributed by atoms with Crippen LogP contribution in [-0.2, 0) is 14.3 Å². The number of unbranched alkanes of at least 4 members (excludes halogenated alkanes) is 1. The van der Waals surface area contributed by atoms with E-state index in [2.05, 4.69) is 5.32 Å². The van der Waals surface area contributed by atoms with Gasteiger partial charge in [-0.3, -0.25) is 19.3 Å². The highest BCUT2D eigenvalue weighted by atomic mass is 32.2. The highest BCUT2D eigenvalue weighted by Crippen LogP contribution is 2.33. The van der Waals surface area contributed by atoms with Crippen molar-refractivity contribution in [3.8, 4) is 11.3 Å². The van der Waals surface area contributed by atoms with E-state index in [0.717, 1.165) is 46.2 Å². The van der Waals surface area contributed by atoms with Crippen LogP contribution in [0.5, 0.6) is 0 Å². The molecule has 0 unspecified atom stereocenters. The lowest BCUT2D eigenvalue weighted by molar-refractivity contribution is -0.127. The number of furan rings is 1. The maximum Gasteiger partial charge on any atom is 0.338 e.